The van der Waals surface area contributed by atoms with Gasteiger partial charge in [-0.25, -0.2) is 4.98 Å². The van der Waals surface area contributed by atoms with E-state index in [1.165, 1.54) is 11.3 Å². The lowest BCUT2D eigenvalue weighted by molar-refractivity contribution is 0.0676. The number of amides is 1. The third-order valence-corrected chi connectivity index (χ3v) is 7.05. The fourth-order valence-corrected chi connectivity index (χ4v) is 4.76. The van der Waals surface area contributed by atoms with E-state index >= 15 is 0 Å². The normalized spacial score (nSPS) is 12.3. The number of halogens is 1. The first-order valence-corrected chi connectivity index (χ1v) is 12.7. The molecular weight excluding hydrogens is 498 g/mol. The zero-order valence-corrected chi connectivity index (χ0v) is 21.3. The van der Waals surface area contributed by atoms with Crippen LogP contribution in [0.3, 0.4) is 0 Å². The molecule has 2 heterocycles. The van der Waals surface area contributed by atoms with E-state index in [9.17, 15) is 9.59 Å². The van der Waals surface area contributed by atoms with Crippen molar-refractivity contribution in [3.05, 3.63) is 91.6 Å². The van der Waals surface area contributed by atoms with Crippen molar-refractivity contribution in [1.29, 1.82) is 0 Å². The number of para-hydroxylation sites is 1. The predicted octanol–water partition coefficient (Wildman–Crippen LogP) is 6.46. The van der Waals surface area contributed by atoms with E-state index in [4.69, 9.17) is 4.98 Å². The summed E-state index contributed by atoms with van der Waals surface area (Å²) in [6.45, 7) is 6.82. The lowest BCUT2D eigenvalue weighted by Gasteiger charge is -2.31. The van der Waals surface area contributed by atoms with Crippen molar-refractivity contribution in [3.8, 4) is 5.69 Å². The molecule has 0 aliphatic carbocycles. The Morgan fingerprint density at radius 2 is 1.79 bits per heavy atom. The van der Waals surface area contributed by atoms with E-state index < -0.39 is 6.04 Å². The highest BCUT2D eigenvalue weighted by atomic mass is 79.9. The van der Waals surface area contributed by atoms with Crippen LogP contribution in [0.2, 0.25) is 0 Å². The summed E-state index contributed by atoms with van der Waals surface area (Å²) in [6, 6.07) is 18.3. The summed E-state index contributed by atoms with van der Waals surface area (Å²) >= 11 is 4.90. The molecule has 4 rings (SSSR count). The zero-order chi connectivity index (χ0) is 23.5. The molecule has 1 amide bonds. The van der Waals surface area contributed by atoms with Crippen LogP contribution < -0.4 is 5.56 Å². The van der Waals surface area contributed by atoms with Crippen molar-refractivity contribution in [2.45, 2.75) is 33.2 Å². The second kappa shape index (κ2) is 10.0. The molecule has 4 aromatic rings. The number of rotatable bonds is 7. The van der Waals surface area contributed by atoms with Gasteiger partial charge in [-0.15, -0.1) is 11.3 Å². The molecule has 2 aromatic carbocycles. The number of benzene rings is 2. The van der Waals surface area contributed by atoms with Crippen molar-refractivity contribution < 1.29 is 4.79 Å². The number of carbonyl (C=O) groups is 1. The molecule has 0 bridgehead atoms. The number of aromatic nitrogens is 2. The Morgan fingerprint density at radius 1 is 1.06 bits per heavy atom. The monoisotopic (exact) mass is 523 g/mol. The lowest BCUT2D eigenvalue weighted by Crippen LogP contribution is -2.38. The number of carbonyl (C=O) groups excluding carboxylic acids is 1. The first kappa shape index (κ1) is 23.4. The van der Waals surface area contributed by atoms with Crippen LogP contribution in [-0.2, 0) is 0 Å². The van der Waals surface area contributed by atoms with E-state index in [0.717, 1.165) is 16.6 Å². The highest BCUT2D eigenvalue weighted by Crippen LogP contribution is 2.27. The van der Waals surface area contributed by atoms with E-state index in [2.05, 4.69) is 29.8 Å². The maximum absolute atomic E-state index is 13.6. The van der Waals surface area contributed by atoms with Crippen molar-refractivity contribution in [1.82, 2.24) is 14.5 Å². The van der Waals surface area contributed by atoms with Gasteiger partial charge in [-0.1, -0.05) is 48.0 Å². The summed E-state index contributed by atoms with van der Waals surface area (Å²) in [6.07, 6.45) is 0.859. The Balaban J connectivity index is 1.89. The van der Waals surface area contributed by atoms with Crippen LogP contribution in [-0.4, -0.2) is 26.9 Å². The fraction of sp³-hybridized carbons (Fsp3) is 0.269. The number of hydrogen-bond acceptors (Lipinski definition) is 4. The highest BCUT2D eigenvalue weighted by molar-refractivity contribution is 9.10. The number of hydrogen-bond donors (Lipinski definition) is 0. The molecule has 2 aromatic heterocycles. The van der Waals surface area contributed by atoms with E-state index in [0.29, 0.717) is 34.1 Å². The van der Waals surface area contributed by atoms with Crippen molar-refractivity contribution in [2.24, 2.45) is 5.92 Å². The molecular formula is C26H26BrN3O2S. The number of fused-ring (bicyclic) bond motifs is 1. The molecule has 7 heteroatoms. The Labute approximate surface area is 205 Å². The van der Waals surface area contributed by atoms with Gasteiger partial charge in [0.25, 0.3) is 11.5 Å². The van der Waals surface area contributed by atoms with E-state index in [1.807, 2.05) is 71.8 Å². The summed E-state index contributed by atoms with van der Waals surface area (Å²) < 4.78 is 2.57. The van der Waals surface area contributed by atoms with Crippen LogP contribution in [0.25, 0.3) is 16.6 Å². The van der Waals surface area contributed by atoms with Gasteiger partial charge >= 0.3 is 0 Å². The van der Waals surface area contributed by atoms with Gasteiger partial charge in [0.1, 0.15) is 5.82 Å². The highest BCUT2D eigenvalue weighted by Gasteiger charge is 2.28. The van der Waals surface area contributed by atoms with Gasteiger partial charge in [-0.3, -0.25) is 14.2 Å². The predicted molar refractivity (Wildman–Crippen MR) is 138 cm³/mol. The van der Waals surface area contributed by atoms with Crippen LogP contribution in [0, 0.1) is 5.92 Å². The molecule has 170 valence electrons. The summed E-state index contributed by atoms with van der Waals surface area (Å²) in [5.41, 5.74) is 1.21. The first-order valence-electron chi connectivity index (χ1n) is 11.0. The molecule has 0 aliphatic rings. The molecule has 1 atom stereocenters. The quantitative estimate of drug-likeness (QED) is 0.279. The second-order valence-electron chi connectivity index (χ2n) is 8.44. The van der Waals surface area contributed by atoms with Crippen LogP contribution in [0.15, 0.2) is 75.3 Å². The van der Waals surface area contributed by atoms with Gasteiger partial charge in [0.2, 0.25) is 0 Å². The largest absolute Gasteiger partial charge is 0.328 e. The maximum Gasteiger partial charge on any atom is 0.266 e. The van der Waals surface area contributed by atoms with Gasteiger partial charge in [0, 0.05) is 11.0 Å². The van der Waals surface area contributed by atoms with Crippen LogP contribution in [0.5, 0.6) is 0 Å². The summed E-state index contributed by atoms with van der Waals surface area (Å²) in [4.78, 5) is 34.6. The first-order chi connectivity index (χ1) is 15.9. The second-order valence-corrected chi connectivity index (χ2v) is 10.3. The minimum absolute atomic E-state index is 0.0390. The fourth-order valence-electron chi connectivity index (χ4n) is 3.82. The number of nitrogens with zero attached hydrogens (tertiary/aromatic N) is 3. The van der Waals surface area contributed by atoms with Crippen molar-refractivity contribution in [3.63, 3.8) is 0 Å². The molecule has 0 aliphatic heterocycles. The maximum atomic E-state index is 13.6. The zero-order valence-electron chi connectivity index (χ0n) is 18.9. The SMILES string of the molecule is CC(C)CCN(C(=O)c1cccs1)C(C)c1nc2ccccc2c(=O)n1-c1ccc(Br)cc1. The van der Waals surface area contributed by atoms with Crippen molar-refractivity contribution in [2.75, 3.05) is 6.54 Å². The van der Waals surface area contributed by atoms with Crippen molar-refractivity contribution >= 4 is 44.1 Å². The molecule has 5 nitrogen and oxygen atoms in total. The molecule has 0 saturated heterocycles. The Kier molecular flexibility index (Phi) is 7.10. The average molecular weight is 524 g/mol. The Hall–Kier alpha value is -2.77. The van der Waals surface area contributed by atoms with Gasteiger partial charge in [0.15, 0.2) is 0 Å². The summed E-state index contributed by atoms with van der Waals surface area (Å²) in [7, 11) is 0. The molecule has 0 spiro atoms. The van der Waals surface area contributed by atoms with E-state index in [1.54, 1.807) is 10.6 Å². The number of thiophene rings is 1. The van der Waals surface area contributed by atoms with Gasteiger partial charge in [-0.2, -0.15) is 0 Å². The molecule has 0 fully saturated rings. The minimum atomic E-state index is -0.403. The molecule has 0 N–H and O–H groups in total. The Morgan fingerprint density at radius 3 is 2.45 bits per heavy atom. The average Bonchev–Trinajstić information content (AvgIpc) is 3.34. The van der Waals surface area contributed by atoms with Gasteiger partial charge in [0.05, 0.1) is 27.5 Å². The third-order valence-electron chi connectivity index (χ3n) is 5.67. The smallest absolute Gasteiger partial charge is 0.266 e. The van der Waals surface area contributed by atoms with Crippen LogP contribution >= 0.6 is 27.3 Å². The molecule has 1 unspecified atom stereocenters. The standard InChI is InChI=1S/C26H26BrN3O2S/c1-17(2)14-15-29(26(32)23-9-6-16-33-23)18(3)24-28-22-8-5-4-7-21(22)25(31)30(24)20-12-10-19(27)11-13-20/h4-13,16-18H,14-15H2,1-3H3. The van der Waals surface area contributed by atoms with Crippen LogP contribution in [0.1, 0.15) is 48.7 Å². The Bertz CT molecular complexity index is 1310. The molecule has 33 heavy (non-hydrogen) atoms. The van der Waals surface area contributed by atoms with Crippen LogP contribution in [0.4, 0.5) is 0 Å². The van der Waals surface area contributed by atoms with Gasteiger partial charge in [-0.05, 0) is 67.1 Å². The molecule has 0 saturated carbocycles. The van der Waals surface area contributed by atoms with Gasteiger partial charge < -0.3 is 4.90 Å². The summed E-state index contributed by atoms with van der Waals surface area (Å²) in [5.74, 6) is 0.951. The summed E-state index contributed by atoms with van der Waals surface area (Å²) in [5, 5.41) is 2.46. The minimum Gasteiger partial charge on any atom is -0.328 e. The molecule has 0 radical (unpaired) electrons. The lowest BCUT2D eigenvalue weighted by atomic mass is 10.1. The topological polar surface area (TPSA) is 55.2 Å². The van der Waals surface area contributed by atoms with E-state index in [-0.39, 0.29) is 11.5 Å². The third kappa shape index (κ3) is 4.94.